The van der Waals surface area contributed by atoms with E-state index in [1.54, 1.807) is 60.6 Å². The number of nitrogens with one attached hydrogen (secondary N) is 1. The van der Waals surface area contributed by atoms with Gasteiger partial charge in [-0.1, -0.05) is 12.1 Å². The summed E-state index contributed by atoms with van der Waals surface area (Å²) < 4.78 is 45.8. The number of aryl methyl sites for hydroxylation is 1. The first-order valence-corrected chi connectivity index (χ1v) is 18.0. The van der Waals surface area contributed by atoms with Crippen molar-refractivity contribution in [1.29, 1.82) is 0 Å². The third-order valence-electron chi connectivity index (χ3n) is 9.74. The highest BCUT2D eigenvalue weighted by Gasteiger charge is 2.29. The third kappa shape index (κ3) is 8.68. The van der Waals surface area contributed by atoms with Crippen LogP contribution >= 0.6 is 0 Å². The van der Waals surface area contributed by atoms with Gasteiger partial charge < -0.3 is 45.0 Å². The molecule has 13 nitrogen and oxygen atoms in total. The van der Waals surface area contributed by atoms with E-state index in [0.29, 0.717) is 87.3 Å². The van der Waals surface area contributed by atoms with E-state index in [1.807, 2.05) is 19.1 Å². The summed E-state index contributed by atoms with van der Waals surface area (Å²) in [5.41, 5.74) is 15.4. The van der Waals surface area contributed by atoms with Crippen molar-refractivity contribution >= 4 is 17.4 Å². The SMILES string of the molecule is COc1cc(-c2cnc(N)c(-c3ccc(NC(=O)c4cn(CC5(N)CCOCC5)cc(-c5ccc(C)cn5)c4=O)cc3F)c2)ccc1OC[C@H]1COCCO1. The maximum absolute atomic E-state index is 15.9. The quantitative estimate of drug-likeness (QED) is 0.161. The second-order valence-corrected chi connectivity index (χ2v) is 13.8. The van der Waals surface area contributed by atoms with Crippen molar-refractivity contribution in [3.63, 3.8) is 0 Å². The van der Waals surface area contributed by atoms with E-state index in [1.165, 1.54) is 18.3 Å². The van der Waals surface area contributed by atoms with Gasteiger partial charge >= 0.3 is 0 Å². The zero-order valence-electron chi connectivity index (χ0n) is 30.7. The van der Waals surface area contributed by atoms with Crippen molar-refractivity contribution in [3.8, 4) is 45.0 Å². The van der Waals surface area contributed by atoms with Gasteiger partial charge in [0.05, 0.1) is 38.2 Å². The lowest BCUT2D eigenvalue weighted by Gasteiger charge is -2.34. The number of benzene rings is 2. The van der Waals surface area contributed by atoms with Gasteiger partial charge in [0, 0.05) is 72.5 Å². The normalized spacial score (nSPS) is 16.7. The van der Waals surface area contributed by atoms with Gasteiger partial charge in [0.1, 0.15) is 29.9 Å². The van der Waals surface area contributed by atoms with Crippen molar-refractivity contribution in [2.24, 2.45) is 5.73 Å². The molecule has 0 unspecified atom stereocenters. The fourth-order valence-corrected chi connectivity index (χ4v) is 6.63. The van der Waals surface area contributed by atoms with Gasteiger partial charge in [0.15, 0.2) is 11.5 Å². The second-order valence-electron chi connectivity index (χ2n) is 13.8. The molecule has 14 heteroatoms. The maximum atomic E-state index is 15.9. The van der Waals surface area contributed by atoms with Crippen LogP contribution in [0.25, 0.3) is 33.5 Å². The molecule has 0 bridgehead atoms. The van der Waals surface area contributed by atoms with E-state index in [4.69, 9.17) is 35.2 Å². The van der Waals surface area contributed by atoms with Crippen LogP contribution in [0, 0.1) is 12.7 Å². The molecule has 5 N–H and O–H groups in total. The molecule has 2 aromatic carbocycles. The first-order chi connectivity index (χ1) is 26.6. The number of nitrogen functional groups attached to an aromatic ring is 1. The van der Waals surface area contributed by atoms with Gasteiger partial charge in [-0.05, 0) is 73.4 Å². The number of nitrogens with two attached hydrogens (primary N) is 2. The average Bonchev–Trinajstić information content (AvgIpc) is 3.19. The van der Waals surface area contributed by atoms with Crippen LogP contribution in [-0.2, 0) is 20.8 Å². The molecule has 2 aliphatic heterocycles. The molecule has 55 heavy (non-hydrogen) atoms. The Morgan fingerprint density at radius 2 is 1.78 bits per heavy atom. The number of nitrogens with zero attached hydrogens (tertiary/aromatic N) is 3. The minimum absolute atomic E-state index is 0.116. The molecule has 3 aromatic heterocycles. The lowest BCUT2D eigenvalue weighted by molar-refractivity contribution is -0.101. The Bertz CT molecular complexity index is 2230. The molecule has 0 aliphatic carbocycles. The molecule has 2 aliphatic rings. The number of hydrogen-bond acceptors (Lipinski definition) is 11. The predicted molar refractivity (Wildman–Crippen MR) is 206 cm³/mol. The number of carbonyl (C=O) groups excluding carboxylic acids is 1. The highest BCUT2D eigenvalue weighted by Crippen LogP contribution is 2.36. The van der Waals surface area contributed by atoms with Crippen LogP contribution in [0.1, 0.15) is 28.8 Å². The monoisotopic (exact) mass is 750 g/mol. The first kappa shape index (κ1) is 37.6. The zero-order chi connectivity index (χ0) is 38.5. The van der Waals surface area contributed by atoms with Gasteiger partial charge in [0.2, 0.25) is 5.43 Å². The summed E-state index contributed by atoms with van der Waals surface area (Å²) in [4.78, 5) is 36.3. The van der Waals surface area contributed by atoms with Crippen molar-refractivity contribution in [1.82, 2.24) is 14.5 Å². The molecule has 7 rings (SSSR count). The smallest absolute Gasteiger partial charge is 0.261 e. The van der Waals surface area contributed by atoms with Crippen LogP contribution in [0.5, 0.6) is 11.5 Å². The number of aromatic nitrogens is 3. The highest BCUT2D eigenvalue weighted by atomic mass is 19.1. The molecule has 286 valence electrons. The van der Waals surface area contributed by atoms with Crippen LogP contribution in [0.3, 0.4) is 0 Å². The van der Waals surface area contributed by atoms with Gasteiger partial charge in [-0.15, -0.1) is 0 Å². The predicted octanol–water partition coefficient (Wildman–Crippen LogP) is 5.23. The molecule has 5 aromatic rings. The topological polar surface area (TPSA) is 175 Å². The van der Waals surface area contributed by atoms with Crippen LogP contribution in [0.2, 0.25) is 0 Å². The highest BCUT2D eigenvalue weighted by molar-refractivity contribution is 6.04. The molecular weight excluding hydrogens is 707 g/mol. The largest absolute Gasteiger partial charge is 0.493 e. The molecule has 1 amide bonds. The number of rotatable bonds is 11. The Kier molecular flexibility index (Phi) is 11.2. The lowest BCUT2D eigenvalue weighted by Crippen LogP contribution is -2.48. The van der Waals surface area contributed by atoms with E-state index in [0.717, 1.165) is 11.1 Å². The van der Waals surface area contributed by atoms with E-state index in [2.05, 4.69) is 15.3 Å². The van der Waals surface area contributed by atoms with E-state index in [-0.39, 0.29) is 34.3 Å². The van der Waals surface area contributed by atoms with Crippen LogP contribution in [-0.4, -0.2) is 78.8 Å². The second kappa shape index (κ2) is 16.4. The number of anilines is 2. The summed E-state index contributed by atoms with van der Waals surface area (Å²) in [6.07, 6.45) is 7.47. The number of methoxy groups -OCH3 is 1. The summed E-state index contributed by atoms with van der Waals surface area (Å²) in [6, 6.07) is 15.0. The molecular formula is C41H43FN6O7. The molecule has 0 saturated carbocycles. The van der Waals surface area contributed by atoms with E-state index >= 15 is 4.39 Å². The Labute approximate surface area is 317 Å². The van der Waals surface area contributed by atoms with Crippen molar-refractivity contribution in [2.75, 3.05) is 57.8 Å². The Hall–Kier alpha value is -5.67. The summed E-state index contributed by atoms with van der Waals surface area (Å²) in [7, 11) is 1.55. The molecule has 1 atom stereocenters. The van der Waals surface area contributed by atoms with Crippen molar-refractivity contribution in [2.45, 2.75) is 38.0 Å². The van der Waals surface area contributed by atoms with Crippen LogP contribution in [0.4, 0.5) is 15.9 Å². The minimum Gasteiger partial charge on any atom is -0.493 e. The van der Waals surface area contributed by atoms with Crippen LogP contribution < -0.4 is 31.7 Å². The Morgan fingerprint density at radius 3 is 2.51 bits per heavy atom. The van der Waals surface area contributed by atoms with E-state index in [9.17, 15) is 9.59 Å². The van der Waals surface area contributed by atoms with Crippen molar-refractivity contribution in [3.05, 3.63) is 107 Å². The summed E-state index contributed by atoms with van der Waals surface area (Å²) in [6.45, 7) is 5.14. The van der Waals surface area contributed by atoms with Gasteiger partial charge in [-0.2, -0.15) is 0 Å². The lowest BCUT2D eigenvalue weighted by atomic mass is 9.91. The summed E-state index contributed by atoms with van der Waals surface area (Å²) in [5, 5.41) is 2.70. The Morgan fingerprint density at radius 1 is 0.945 bits per heavy atom. The first-order valence-electron chi connectivity index (χ1n) is 18.0. The number of pyridine rings is 3. The van der Waals surface area contributed by atoms with E-state index < -0.39 is 22.7 Å². The van der Waals surface area contributed by atoms with Crippen molar-refractivity contribution < 1.29 is 32.9 Å². The molecule has 0 spiro atoms. The number of ether oxygens (including phenoxy) is 5. The number of carbonyl (C=O) groups is 1. The van der Waals surface area contributed by atoms with Gasteiger partial charge in [-0.3, -0.25) is 14.6 Å². The molecule has 2 fully saturated rings. The van der Waals surface area contributed by atoms with Crippen LogP contribution in [0.15, 0.2) is 84.2 Å². The molecule has 2 saturated heterocycles. The maximum Gasteiger partial charge on any atom is 0.261 e. The average molecular weight is 751 g/mol. The third-order valence-corrected chi connectivity index (χ3v) is 9.74. The summed E-state index contributed by atoms with van der Waals surface area (Å²) >= 11 is 0. The number of halogens is 1. The summed E-state index contributed by atoms with van der Waals surface area (Å²) in [5.74, 6) is -0.212. The fourth-order valence-electron chi connectivity index (χ4n) is 6.63. The molecule has 0 radical (unpaired) electrons. The fraction of sp³-hybridized carbons (Fsp3) is 0.317. The van der Waals surface area contributed by atoms with Gasteiger partial charge in [-0.25, -0.2) is 9.37 Å². The zero-order valence-corrected chi connectivity index (χ0v) is 30.7. The number of amides is 1. The minimum atomic E-state index is -0.706. The standard InChI is InChI=1S/C41H43FN6O7/c1-25-3-7-35(45-18-25)32-20-48(24-41(44)9-11-52-12-10-41)21-33(38(32)49)40(50)47-28-5-6-30(34(42)17-28)31-15-27(19-46-39(31)43)26-4-8-36(37(16-26)51-2)55-23-29-22-53-13-14-54-29/h3-8,15-21,29H,9-14,22-24,44H2,1-2H3,(H2,43,46)(H,47,50)/t29-/m1/s1. The number of hydrogen-bond donors (Lipinski definition) is 3. The molecule has 5 heterocycles. The Balaban J connectivity index is 1.13. The van der Waals surface area contributed by atoms with Gasteiger partial charge in [0.25, 0.3) is 5.91 Å².